The van der Waals surface area contributed by atoms with Crippen molar-refractivity contribution in [2.24, 2.45) is 0 Å². The van der Waals surface area contributed by atoms with Gasteiger partial charge in [-0.2, -0.15) is 0 Å². The molecule has 0 aliphatic carbocycles. The van der Waals surface area contributed by atoms with Crippen molar-refractivity contribution in [1.82, 2.24) is 9.97 Å². The fourth-order valence-electron chi connectivity index (χ4n) is 1.41. The highest BCUT2D eigenvalue weighted by molar-refractivity contribution is 5.92. The molecule has 0 radical (unpaired) electrons. The van der Waals surface area contributed by atoms with Crippen molar-refractivity contribution in [2.75, 3.05) is 19.0 Å². The van der Waals surface area contributed by atoms with Gasteiger partial charge < -0.3 is 10.0 Å². The van der Waals surface area contributed by atoms with Crippen LogP contribution in [-0.2, 0) is 0 Å². The Labute approximate surface area is 81.8 Å². The monoisotopic (exact) mass is 189 g/mol. The lowest BCUT2D eigenvalue weighted by atomic mass is 10.2. The Kier molecular flexibility index (Phi) is 1.96. The van der Waals surface area contributed by atoms with Crippen LogP contribution in [-0.4, -0.2) is 29.2 Å². The Morgan fingerprint density at radius 1 is 1.21 bits per heavy atom. The fraction of sp³-hybridized carbons (Fsp3) is 0.200. The van der Waals surface area contributed by atoms with Crippen molar-refractivity contribution in [1.29, 1.82) is 0 Å². The van der Waals surface area contributed by atoms with Gasteiger partial charge in [0.2, 0.25) is 0 Å². The summed E-state index contributed by atoms with van der Waals surface area (Å²) in [7, 11) is 3.82. The van der Waals surface area contributed by atoms with Gasteiger partial charge in [-0.25, -0.2) is 9.97 Å². The minimum atomic E-state index is 0.188. The zero-order valence-electron chi connectivity index (χ0n) is 8.10. The van der Waals surface area contributed by atoms with Gasteiger partial charge in [-0.05, 0) is 12.1 Å². The number of hydrogen-bond acceptors (Lipinski definition) is 4. The van der Waals surface area contributed by atoms with Crippen LogP contribution in [0.25, 0.3) is 10.9 Å². The minimum Gasteiger partial charge on any atom is -0.506 e. The normalized spacial score (nSPS) is 10.4. The van der Waals surface area contributed by atoms with Crippen LogP contribution in [0.4, 0.5) is 5.82 Å². The topological polar surface area (TPSA) is 49.2 Å². The van der Waals surface area contributed by atoms with Crippen molar-refractivity contribution in [2.45, 2.75) is 0 Å². The number of hydrogen-bond donors (Lipinski definition) is 1. The molecule has 0 fully saturated rings. The molecule has 0 aliphatic heterocycles. The number of rotatable bonds is 1. The molecule has 0 atom stereocenters. The Morgan fingerprint density at radius 2 is 2.00 bits per heavy atom. The maximum Gasteiger partial charge on any atom is 0.142 e. The second kappa shape index (κ2) is 3.14. The third kappa shape index (κ3) is 1.25. The predicted octanol–water partition coefficient (Wildman–Crippen LogP) is 1.40. The number of phenols is 1. The van der Waals surface area contributed by atoms with Gasteiger partial charge in [-0.1, -0.05) is 6.07 Å². The van der Waals surface area contributed by atoms with Crippen molar-refractivity contribution in [3.63, 3.8) is 0 Å². The summed E-state index contributed by atoms with van der Waals surface area (Å²) < 4.78 is 0. The second-order valence-corrected chi connectivity index (χ2v) is 3.27. The molecule has 0 saturated heterocycles. The largest absolute Gasteiger partial charge is 0.506 e. The van der Waals surface area contributed by atoms with Crippen LogP contribution in [0, 0.1) is 0 Å². The average molecular weight is 189 g/mol. The Bertz CT molecular complexity index is 468. The summed E-state index contributed by atoms with van der Waals surface area (Å²) in [6, 6.07) is 5.30. The number of phenolic OH excluding ortho intramolecular Hbond substituents is 1. The van der Waals surface area contributed by atoms with Crippen molar-refractivity contribution < 1.29 is 5.11 Å². The van der Waals surface area contributed by atoms with E-state index < -0.39 is 0 Å². The molecule has 2 rings (SSSR count). The number of anilines is 1. The van der Waals surface area contributed by atoms with E-state index in [4.69, 9.17) is 0 Å². The molecule has 0 saturated carbocycles. The van der Waals surface area contributed by atoms with E-state index in [0.29, 0.717) is 5.52 Å². The first-order valence-corrected chi connectivity index (χ1v) is 4.30. The van der Waals surface area contributed by atoms with Crippen LogP contribution in [0.15, 0.2) is 24.5 Å². The maximum atomic E-state index is 9.57. The SMILES string of the molecule is CN(C)c1ncnc2c(O)cccc12. The van der Waals surface area contributed by atoms with E-state index in [9.17, 15) is 5.11 Å². The molecule has 0 unspecified atom stereocenters. The lowest BCUT2D eigenvalue weighted by molar-refractivity contribution is 0.480. The van der Waals surface area contributed by atoms with Crippen LogP contribution in [0.1, 0.15) is 0 Å². The van der Waals surface area contributed by atoms with E-state index in [-0.39, 0.29) is 5.75 Å². The fourth-order valence-corrected chi connectivity index (χ4v) is 1.41. The van der Waals surface area contributed by atoms with Gasteiger partial charge in [0.25, 0.3) is 0 Å². The smallest absolute Gasteiger partial charge is 0.142 e. The summed E-state index contributed by atoms with van der Waals surface area (Å²) in [5.41, 5.74) is 0.589. The lowest BCUT2D eigenvalue weighted by Crippen LogP contribution is -2.11. The summed E-state index contributed by atoms with van der Waals surface area (Å²) in [5.74, 6) is 0.999. The Morgan fingerprint density at radius 3 is 2.71 bits per heavy atom. The molecular weight excluding hydrogens is 178 g/mol. The Hall–Kier alpha value is -1.84. The standard InChI is InChI=1S/C10H11N3O/c1-13(2)10-7-4-3-5-8(14)9(7)11-6-12-10/h3-6,14H,1-2H3. The van der Waals surface area contributed by atoms with Gasteiger partial charge in [-0.15, -0.1) is 0 Å². The highest BCUT2D eigenvalue weighted by atomic mass is 16.3. The first-order chi connectivity index (χ1) is 6.70. The van der Waals surface area contributed by atoms with Crippen LogP contribution in [0.3, 0.4) is 0 Å². The molecule has 0 amide bonds. The molecule has 72 valence electrons. The van der Waals surface area contributed by atoms with Gasteiger partial charge in [0, 0.05) is 19.5 Å². The highest BCUT2D eigenvalue weighted by Gasteiger charge is 2.07. The molecule has 1 N–H and O–H groups in total. The second-order valence-electron chi connectivity index (χ2n) is 3.27. The molecular formula is C10H11N3O. The van der Waals surface area contributed by atoms with Gasteiger partial charge in [0.15, 0.2) is 0 Å². The van der Waals surface area contributed by atoms with Crippen molar-refractivity contribution in [3.8, 4) is 5.75 Å². The van der Waals surface area contributed by atoms with Crippen LogP contribution >= 0.6 is 0 Å². The number of aromatic hydroxyl groups is 1. The minimum absolute atomic E-state index is 0.188. The summed E-state index contributed by atoms with van der Waals surface area (Å²) >= 11 is 0. The highest BCUT2D eigenvalue weighted by Crippen LogP contribution is 2.26. The first kappa shape index (κ1) is 8.74. The Balaban J connectivity index is 2.81. The maximum absolute atomic E-state index is 9.57. The summed E-state index contributed by atoms with van der Waals surface area (Å²) in [6.07, 6.45) is 1.46. The molecule has 0 bridgehead atoms. The van der Waals surface area contributed by atoms with Gasteiger partial charge in [0.1, 0.15) is 23.4 Å². The summed E-state index contributed by atoms with van der Waals surface area (Å²) in [4.78, 5) is 10.1. The van der Waals surface area contributed by atoms with Crippen LogP contribution in [0.2, 0.25) is 0 Å². The molecule has 0 aliphatic rings. The quantitative estimate of drug-likeness (QED) is 0.736. The molecule has 1 heterocycles. The third-order valence-corrected chi connectivity index (χ3v) is 2.05. The van der Waals surface area contributed by atoms with Crippen molar-refractivity contribution in [3.05, 3.63) is 24.5 Å². The first-order valence-electron chi connectivity index (χ1n) is 4.30. The van der Waals surface area contributed by atoms with Crippen LogP contribution < -0.4 is 4.90 Å². The number of para-hydroxylation sites is 1. The molecule has 1 aromatic carbocycles. The van der Waals surface area contributed by atoms with E-state index in [1.54, 1.807) is 12.1 Å². The molecule has 4 heteroatoms. The average Bonchev–Trinajstić information content (AvgIpc) is 2.17. The van der Waals surface area contributed by atoms with Gasteiger partial charge >= 0.3 is 0 Å². The molecule has 4 nitrogen and oxygen atoms in total. The molecule has 14 heavy (non-hydrogen) atoms. The van der Waals surface area contributed by atoms with E-state index in [0.717, 1.165) is 11.2 Å². The third-order valence-electron chi connectivity index (χ3n) is 2.05. The predicted molar refractivity (Wildman–Crippen MR) is 55.5 cm³/mol. The molecule has 0 spiro atoms. The van der Waals surface area contributed by atoms with E-state index in [1.807, 2.05) is 25.1 Å². The molecule has 2 aromatic rings. The molecule has 1 aromatic heterocycles. The van der Waals surface area contributed by atoms with Crippen LogP contribution in [0.5, 0.6) is 5.75 Å². The van der Waals surface area contributed by atoms with Gasteiger partial charge in [0.05, 0.1) is 0 Å². The number of benzene rings is 1. The van der Waals surface area contributed by atoms with Gasteiger partial charge in [-0.3, -0.25) is 0 Å². The lowest BCUT2D eigenvalue weighted by Gasteiger charge is -2.13. The van der Waals surface area contributed by atoms with E-state index in [1.165, 1.54) is 6.33 Å². The van der Waals surface area contributed by atoms with E-state index >= 15 is 0 Å². The van der Waals surface area contributed by atoms with E-state index in [2.05, 4.69) is 9.97 Å². The summed E-state index contributed by atoms with van der Waals surface area (Å²) in [6.45, 7) is 0. The summed E-state index contributed by atoms with van der Waals surface area (Å²) in [5, 5.41) is 10.4. The zero-order valence-corrected chi connectivity index (χ0v) is 8.10. The van der Waals surface area contributed by atoms with Crippen molar-refractivity contribution >= 4 is 16.7 Å². The number of fused-ring (bicyclic) bond motifs is 1. The zero-order chi connectivity index (χ0) is 10.1. The number of nitrogens with zero attached hydrogens (tertiary/aromatic N) is 3. The number of aromatic nitrogens is 2.